The summed E-state index contributed by atoms with van der Waals surface area (Å²) in [4.78, 5) is 25.8. The largest absolute Gasteiger partial charge is 0.481 e. The van der Waals surface area contributed by atoms with Crippen LogP contribution >= 0.6 is 0 Å². The number of hydrogen-bond donors (Lipinski definition) is 1. The van der Waals surface area contributed by atoms with Crippen LogP contribution in [0.25, 0.3) is 0 Å². The highest BCUT2D eigenvalue weighted by Gasteiger charge is 2.48. The van der Waals surface area contributed by atoms with E-state index in [0.29, 0.717) is 19.8 Å². The topological polar surface area (TPSA) is 66.8 Å². The third-order valence-electron chi connectivity index (χ3n) is 4.51. The summed E-state index contributed by atoms with van der Waals surface area (Å²) in [5, 5.41) is 9.46. The monoisotopic (exact) mass is 289 g/mol. The van der Waals surface area contributed by atoms with Crippen molar-refractivity contribution in [3.63, 3.8) is 0 Å². The fraction of sp³-hybridized carbons (Fsp3) is 0.500. The van der Waals surface area contributed by atoms with Gasteiger partial charge in [-0.2, -0.15) is 0 Å². The van der Waals surface area contributed by atoms with Crippen LogP contribution in [0.3, 0.4) is 0 Å². The number of carboxylic acid groups (broad SMARTS) is 1. The number of hydrogen-bond acceptors (Lipinski definition) is 3. The predicted octanol–water partition coefficient (Wildman–Crippen LogP) is 1.35. The third-order valence-corrected chi connectivity index (χ3v) is 4.51. The van der Waals surface area contributed by atoms with E-state index in [1.54, 1.807) is 4.90 Å². The van der Waals surface area contributed by atoms with Crippen LogP contribution in [0, 0.1) is 11.3 Å². The molecule has 0 saturated carbocycles. The zero-order valence-electron chi connectivity index (χ0n) is 12.0. The van der Waals surface area contributed by atoms with Crippen LogP contribution in [-0.4, -0.2) is 48.2 Å². The summed E-state index contributed by atoms with van der Waals surface area (Å²) < 4.78 is 5.14. The molecule has 0 radical (unpaired) electrons. The fourth-order valence-corrected chi connectivity index (χ4v) is 3.17. The lowest BCUT2D eigenvalue weighted by molar-refractivity contribution is -0.167. The summed E-state index contributed by atoms with van der Waals surface area (Å²) in [6.07, 6.45) is 0. The Balaban J connectivity index is 1.81. The Morgan fingerprint density at radius 3 is 2.43 bits per heavy atom. The molecule has 112 valence electrons. The maximum absolute atomic E-state index is 12.5. The zero-order valence-corrected chi connectivity index (χ0v) is 12.0. The van der Waals surface area contributed by atoms with E-state index < -0.39 is 17.3 Å². The molecule has 2 fully saturated rings. The molecule has 2 heterocycles. The van der Waals surface area contributed by atoms with Gasteiger partial charge in [0.25, 0.3) is 0 Å². The number of likely N-dealkylation sites (tertiary alicyclic amines) is 1. The highest BCUT2D eigenvalue weighted by molar-refractivity contribution is 5.85. The van der Waals surface area contributed by atoms with Crippen LogP contribution in [0.1, 0.15) is 18.4 Å². The molecule has 0 aromatic heterocycles. The van der Waals surface area contributed by atoms with Crippen molar-refractivity contribution in [1.82, 2.24) is 4.90 Å². The minimum atomic E-state index is -0.839. The van der Waals surface area contributed by atoms with Crippen molar-refractivity contribution in [3.05, 3.63) is 35.9 Å². The van der Waals surface area contributed by atoms with Gasteiger partial charge in [-0.15, -0.1) is 0 Å². The first-order valence-corrected chi connectivity index (χ1v) is 7.16. The van der Waals surface area contributed by atoms with Crippen molar-refractivity contribution in [3.8, 4) is 0 Å². The standard InChI is InChI=1S/C16H19NO4/c1-16(9-21-10-16)15(20)17-7-12(13(8-17)14(18)19)11-5-3-2-4-6-11/h2-6,12-13H,7-10H2,1H3,(H,18,19)/t12-,13+/m1/s1. The van der Waals surface area contributed by atoms with Gasteiger partial charge in [0.1, 0.15) is 0 Å². The second-order valence-electron chi connectivity index (χ2n) is 6.23. The smallest absolute Gasteiger partial charge is 0.308 e. The van der Waals surface area contributed by atoms with Crippen LogP contribution < -0.4 is 0 Å². The molecule has 0 unspecified atom stereocenters. The molecule has 0 bridgehead atoms. The number of carboxylic acids is 1. The first-order valence-electron chi connectivity index (χ1n) is 7.16. The van der Waals surface area contributed by atoms with Crippen molar-refractivity contribution in [2.45, 2.75) is 12.8 Å². The van der Waals surface area contributed by atoms with Crippen molar-refractivity contribution in [2.75, 3.05) is 26.3 Å². The molecule has 2 aliphatic rings. The quantitative estimate of drug-likeness (QED) is 0.912. The van der Waals surface area contributed by atoms with Crippen molar-refractivity contribution in [1.29, 1.82) is 0 Å². The van der Waals surface area contributed by atoms with Crippen LogP contribution in [0.4, 0.5) is 0 Å². The van der Waals surface area contributed by atoms with Crippen LogP contribution in [-0.2, 0) is 14.3 Å². The minimum absolute atomic E-state index is 0.0124. The molecule has 2 atom stereocenters. The second kappa shape index (κ2) is 5.15. The first-order chi connectivity index (χ1) is 10.0. The average Bonchev–Trinajstić information content (AvgIpc) is 2.90. The second-order valence-corrected chi connectivity index (χ2v) is 6.23. The van der Waals surface area contributed by atoms with Gasteiger partial charge in [-0.3, -0.25) is 9.59 Å². The van der Waals surface area contributed by atoms with Crippen molar-refractivity contribution in [2.24, 2.45) is 11.3 Å². The lowest BCUT2D eigenvalue weighted by atomic mass is 9.87. The molecule has 5 nitrogen and oxygen atoms in total. The van der Waals surface area contributed by atoms with Crippen LogP contribution in [0.5, 0.6) is 0 Å². The molecule has 1 N–H and O–H groups in total. The molecule has 5 heteroatoms. The summed E-state index contributed by atoms with van der Waals surface area (Å²) in [5.41, 5.74) is 0.504. The van der Waals surface area contributed by atoms with Gasteiger partial charge < -0.3 is 14.7 Å². The molecule has 3 rings (SSSR count). The molecule has 21 heavy (non-hydrogen) atoms. The summed E-state index contributed by atoms with van der Waals surface area (Å²) in [6.45, 7) is 3.48. The van der Waals surface area contributed by atoms with E-state index in [9.17, 15) is 14.7 Å². The number of rotatable bonds is 3. The maximum Gasteiger partial charge on any atom is 0.308 e. The van der Waals surface area contributed by atoms with Crippen molar-refractivity contribution >= 4 is 11.9 Å². The number of carbonyl (C=O) groups excluding carboxylic acids is 1. The summed E-state index contributed by atoms with van der Waals surface area (Å²) >= 11 is 0. The number of carbonyl (C=O) groups is 2. The number of amides is 1. The summed E-state index contributed by atoms with van der Waals surface area (Å²) in [5.74, 6) is -1.51. The number of benzene rings is 1. The fourth-order valence-electron chi connectivity index (χ4n) is 3.17. The van der Waals surface area contributed by atoms with Crippen LogP contribution in [0.2, 0.25) is 0 Å². The Hall–Kier alpha value is -1.88. The summed E-state index contributed by atoms with van der Waals surface area (Å²) in [6, 6.07) is 9.58. The first kappa shape index (κ1) is 14.1. The lowest BCUT2D eigenvalue weighted by Gasteiger charge is -2.39. The van der Waals surface area contributed by atoms with E-state index in [-0.39, 0.29) is 18.4 Å². The van der Waals surface area contributed by atoms with E-state index in [1.807, 2.05) is 37.3 Å². The molecule has 1 aromatic rings. The molecule has 1 aromatic carbocycles. The van der Waals surface area contributed by atoms with Gasteiger partial charge in [-0.25, -0.2) is 0 Å². The molecule has 2 aliphatic heterocycles. The minimum Gasteiger partial charge on any atom is -0.481 e. The number of aliphatic carboxylic acids is 1. The highest BCUT2D eigenvalue weighted by Crippen LogP contribution is 2.37. The maximum atomic E-state index is 12.5. The van der Waals surface area contributed by atoms with E-state index in [2.05, 4.69) is 0 Å². The van der Waals surface area contributed by atoms with E-state index in [4.69, 9.17) is 4.74 Å². The third kappa shape index (κ3) is 2.42. The Bertz CT molecular complexity index is 553. The molecule has 0 aliphatic carbocycles. The van der Waals surface area contributed by atoms with Gasteiger partial charge in [-0.1, -0.05) is 30.3 Å². The Labute approximate surface area is 123 Å². The number of nitrogens with zero attached hydrogens (tertiary/aromatic N) is 1. The lowest BCUT2D eigenvalue weighted by Crippen LogP contribution is -2.53. The SMILES string of the molecule is CC1(C(=O)N2C[C@H](C(=O)O)[C@@H](c3ccccc3)C2)COC1. The Morgan fingerprint density at radius 2 is 1.90 bits per heavy atom. The van der Waals surface area contributed by atoms with Gasteiger partial charge in [0.05, 0.1) is 24.5 Å². The number of ether oxygens (including phenoxy) is 1. The van der Waals surface area contributed by atoms with E-state index >= 15 is 0 Å². The van der Waals surface area contributed by atoms with Gasteiger partial charge in [0.15, 0.2) is 0 Å². The van der Waals surface area contributed by atoms with E-state index in [0.717, 1.165) is 5.56 Å². The molecular weight excluding hydrogens is 270 g/mol. The molecular formula is C16H19NO4. The van der Waals surface area contributed by atoms with Gasteiger partial charge in [-0.05, 0) is 12.5 Å². The zero-order chi connectivity index (χ0) is 15.0. The van der Waals surface area contributed by atoms with E-state index in [1.165, 1.54) is 0 Å². The molecule has 2 saturated heterocycles. The van der Waals surface area contributed by atoms with Gasteiger partial charge in [0.2, 0.25) is 5.91 Å². The molecule has 1 amide bonds. The average molecular weight is 289 g/mol. The van der Waals surface area contributed by atoms with Crippen molar-refractivity contribution < 1.29 is 19.4 Å². The van der Waals surface area contributed by atoms with Gasteiger partial charge in [0, 0.05) is 19.0 Å². The van der Waals surface area contributed by atoms with Crippen LogP contribution in [0.15, 0.2) is 30.3 Å². The summed E-state index contributed by atoms with van der Waals surface area (Å²) in [7, 11) is 0. The molecule has 0 spiro atoms. The Kier molecular flexibility index (Phi) is 3.45. The Morgan fingerprint density at radius 1 is 1.24 bits per heavy atom. The predicted molar refractivity (Wildman–Crippen MR) is 75.8 cm³/mol. The van der Waals surface area contributed by atoms with Gasteiger partial charge >= 0.3 is 5.97 Å². The highest BCUT2D eigenvalue weighted by atomic mass is 16.5. The normalized spacial score (nSPS) is 27.2.